The molecule has 17 heteroatoms. The maximum Gasteiger partial charge on any atom is 0.435 e. The Labute approximate surface area is 238 Å². The van der Waals surface area contributed by atoms with Gasteiger partial charge in [0.05, 0.1) is 41.3 Å². The second-order valence-corrected chi connectivity index (χ2v) is 10.5. The van der Waals surface area contributed by atoms with Gasteiger partial charge >= 0.3 is 12.1 Å². The molecule has 0 spiro atoms. The Balaban J connectivity index is 1.68. The number of nitrogens with one attached hydrogen (secondary N) is 1. The molecule has 3 aromatic rings. The average molecular weight is 613 g/mol. The van der Waals surface area contributed by atoms with Crippen molar-refractivity contribution < 1.29 is 45.7 Å². The van der Waals surface area contributed by atoms with Crippen molar-refractivity contribution in [3.63, 3.8) is 0 Å². The van der Waals surface area contributed by atoms with Crippen molar-refractivity contribution in [3.8, 4) is 16.9 Å². The Morgan fingerprint density at radius 1 is 1.14 bits per heavy atom. The van der Waals surface area contributed by atoms with Gasteiger partial charge in [-0.1, -0.05) is 36.8 Å². The van der Waals surface area contributed by atoms with Gasteiger partial charge in [-0.2, -0.15) is 18.3 Å². The van der Waals surface area contributed by atoms with Crippen LogP contribution in [0.1, 0.15) is 31.0 Å². The molecule has 0 radical (unpaired) electrons. The van der Waals surface area contributed by atoms with Crippen molar-refractivity contribution >= 4 is 21.9 Å². The van der Waals surface area contributed by atoms with Crippen LogP contribution >= 0.6 is 0 Å². The zero-order chi connectivity index (χ0) is 31.1. The lowest BCUT2D eigenvalue weighted by molar-refractivity contribution is -0.706. The van der Waals surface area contributed by atoms with E-state index >= 15 is 0 Å². The van der Waals surface area contributed by atoms with Gasteiger partial charge in [-0.25, -0.2) is 17.8 Å². The molecule has 0 fully saturated rings. The first-order valence-electron chi connectivity index (χ1n) is 12.3. The molecular formula is C25H27F3N6O7S. The van der Waals surface area contributed by atoms with Crippen molar-refractivity contribution in [1.82, 2.24) is 19.5 Å². The van der Waals surface area contributed by atoms with Gasteiger partial charge in [0, 0.05) is 12.0 Å². The van der Waals surface area contributed by atoms with Crippen LogP contribution in [0.15, 0.2) is 64.8 Å². The number of benzene rings is 2. The molecule has 1 amide bonds. The predicted octanol–water partition coefficient (Wildman–Crippen LogP) is 3.71. The molecule has 0 bridgehead atoms. The molecule has 0 atom stereocenters. The number of amides is 1. The van der Waals surface area contributed by atoms with Crippen LogP contribution in [0.5, 0.6) is 0 Å². The number of alkyl halides is 3. The second-order valence-electron chi connectivity index (χ2n) is 8.80. The lowest BCUT2D eigenvalue weighted by Gasteiger charge is -2.13. The molecule has 3 rings (SSSR count). The van der Waals surface area contributed by atoms with Gasteiger partial charge in [0.1, 0.15) is 0 Å². The Morgan fingerprint density at radius 2 is 1.79 bits per heavy atom. The van der Waals surface area contributed by atoms with E-state index in [1.165, 1.54) is 19.2 Å². The number of aromatic nitrogens is 2. The van der Waals surface area contributed by atoms with E-state index in [1.807, 2.05) is 11.6 Å². The monoisotopic (exact) mass is 612 g/mol. The summed E-state index contributed by atoms with van der Waals surface area (Å²) in [6.07, 6.45) is -5.03. The van der Waals surface area contributed by atoms with Crippen molar-refractivity contribution in [2.75, 3.05) is 20.4 Å². The van der Waals surface area contributed by atoms with Gasteiger partial charge in [-0.15, -0.1) is 5.01 Å². The van der Waals surface area contributed by atoms with Crippen LogP contribution in [0, 0.1) is 12.1 Å². The number of carbonyl (C=O) groups excluding carboxylic acids is 2. The summed E-state index contributed by atoms with van der Waals surface area (Å²) in [5.74, 6) is -1.51. The Morgan fingerprint density at radius 3 is 2.38 bits per heavy atom. The van der Waals surface area contributed by atoms with Crippen molar-refractivity contribution in [1.29, 1.82) is 0 Å². The summed E-state index contributed by atoms with van der Waals surface area (Å²) in [6.45, 7) is 2.55. The number of nitrogens with zero attached hydrogens (tertiary/aromatic N) is 5. The van der Waals surface area contributed by atoms with E-state index in [0.29, 0.717) is 5.56 Å². The molecule has 1 N–H and O–H groups in total. The number of hydrazine groups is 1. The number of sulfonamides is 1. The molecule has 2 aromatic carbocycles. The van der Waals surface area contributed by atoms with Crippen LogP contribution in [-0.4, -0.2) is 60.4 Å². The third-order valence-electron chi connectivity index (χ3n) is 5.63. The van der Waals surface area contributed by atoms with Crippen molar-refractivity contribution in [3.05, 3.63) is 71.1 Å². The quantitative estimate of drug-likeness (QED) is 0.0804. The number of carbonyl (C=O) groups is 2. The SMILES string of the molecule is CCC(=O)OCO/N=[N+](\[O-])N(C)CCC(=O)NS(=O)(=O)c1ccc(-n2nc(C(F)(F)F)cc2-c2ccc(C)cc2)cc1. The van der Waals surface area contributed by atoms with E-state index in [4.69, 9.17) is 0 Å². The maximum atomic E-state index is 13.4. The van der Waals surface area contributed by atoms with Crippen molar-refractivity contribution in [2.24, 2.45) is 5.28 Å². The smallest absolute Gasteiger partial charge is 0.435 e. The van der Waals surface area contributed by atoms with Crippen LogP contribution in [0.3, 0.4) is 0 Å². The molecule has 0 aliphatic rings. The van der Waals surface area contributed by atoms with E-state index in [-0.39, 0.29) is 34.2 Å². The minimum absolute atomic E-state index is 0.0232. The Hall–Kier alpha value is -4.67. The van der Waals surface area contributed by atoms with Crippen LogP contribution in [0.4, 0.5) is 13.2 Å². The van der Waals surface area contributed by atoms with Gasteiger partial charge in [0.15, 0.2) is 5.69 Å². The lowest BCUT2D eigenvalue weighted by atomic mass is 10.1. The van der Waals surface area contributed by atoms with Gasteiger partial charge in [-0.3, -0.25) is 9.59 Å². The molecule has 0 saturated carbocycles. The summed E-state index contributed by atoms with van der Waals surface area (Å²) in [4.78, 5) is 27.4. The first-order valence-corrected chi connectivity index (χ1v) is 13.8. The summed E-state index contributed by atoms with van der Waals surface area (Å²) in [5.41, 5.74) is 0.544. The molecule has 0 aliphatic heterocycles. The Bertz CT molecular complexity index is 1540. The first-order chi connectivity index (χ1) is 19.7. The highest BCUT2D eigenvalue weighted by molar-refractivity contribution is 7.90. The molecule has 0 unspecified atom stereocenters. The van der Waals surface area contributed by atoms with Gasteiger partial charge < -0.3 is 14.8 Å². The third-order valence-corrected chi connectivity index (χ3v) is 7.02. The number of esters is 1. The van der Waals surface area contributed by atoms with E-state index in [0.717, 1.165) is 33.5 Å². The number of hydrogen-bond donors (Lipinski definition) is 1. The van der Waals surface area contributed by atoms with Crippen LogP contribution in [-0.2, 0) is 35.4 Å². The average Bonchev–Trinajstić information content (AvgIpc) is 3.40. The molecule has 42 heavy (non-hydrogen) atoms. The number of rotatable bonds is 12. The second kappa shape index (κ2) is 13.3. The van der Waals surface area contributed by atoms with Gasteiger partial charge in [0.2, 0.25) is 11.2 Å². The third kappa shape index (κ3) is 8.42. The minimum atomic E-state index is -4.71. The fourth-order valence-electron chi connectivity index (χ4n) is 3.35. The molecule has 0 saturated heterocycles. The summed E-state index contributed by atoms with van der Waals surface area (Å²) in [5, 5.41) is 19.5. The molecular weight excluding hydrogens is 585 g/mol. The summed E-state index contributed by atoms with van der Waals surface area (Å²) >= 11 is 0. The van der Waals surface area contributed by atoms with Crippen LogP contribution in [0.2, 0.25) is 0 Å². The van der Waals surface area contributed by atoms with E-state index < -0.39 is 47.0 Å². The molecule has 1 aromatic heterocycles. The zero-order valence-corrected chi connectivity index (χ0v) is 23.5. The predicted molar refractivity (Wildman–Crippen MR) is 140 cm³/mol. The van der Waals surface area contributed by atoms with Crippen LogP contribution < -0.4 is 4.72 Å². The largest absolute Gasteiger partial charge is 0.569 e. The molecule has 1 heterocycles. The molecule has 226 valence electrons. The summed E-state index contributed by atoms with van der Waals surface area (Å²) < 4.78 is 73.2. The number of hydrogen-bond acceptors (Lipinski definition) is 9. The van der Waals surface area contributed by atoms with Crippen LogP contribution in [0.25, 0.3) is 16.9 Å². The van der Waals surface area contributed by atoms with E-state index in [9.17, 15) is 36.4 Å². The zero-order valence-electron chi connectivity index (χ0n) is 22.7. The number of ether oxygens (including phenoxy) is 1. The highest BCUT2D eigenvalue weighted by Crippen LogP contribution is 2.33. The standard InChI is InChI=1S/C25H27F3N6O7S/c1-4-24(36)40-16-41-31-34(37)32(3)14-13-23(35)30-42(38,39)20-11-9-19(10-12-20)33-21(15-22(29-33)25(26,27)28)18-7-5-17(2)6-8-18/h5-12,15H,4,13-14,16H2,1-3H3,(H,30,35)/b34-31-. The fourth-order valence-corrected chi connectivity index (χ4v) is 4.37. The van der Waals surface area contributed by atoms with Crippen molar-refractivity contribution in [2.45, 2.75) is 37.8 Å². The molecule has 13 nitrogen and oxygen atoms in total. The minimum Gasteiger partial charge on any atom is -0.569 e. The summed E-state index contributed by atoms with van der Waals surface area (Å²) in [7, 11) is -3.10. The van der Waals surface area contributed by atoms with E-state index in [1.54, 1.807) is 31.2 Å². The van der Waals surface area contributed by atoms with E-state index in [2.05, 4.69) is 20.0 Å². The van der Waals surface area contributed by atoms with Gasteiger partial charge in [-0.05, 0) is 37.3 Å². The maximum absolute atomic E-state index is 13.4. The number of aryl methyl sites for hydroxylation is 1. The topological polar surface area (TPSA) is 158 Å². The van der Waals surface area contributed by atoms with Gasteiger partial charge in [0.25, 0.3) is 16.8 Å². The molecule has 0 aliphatic carbocycles. The highest BCUT2D eigenvalue weighted by Gasteiger charge is 2.35. The normalized spacial score (nSPS) is 12.1. The number of halogens is 3. The first kappa shape index (κ1) is 31.9. The Kier molecular flexibility index (Phi) is 10.1. The lowest BCUT2D eigenvalue weighted by Crippen LogP contribution is -2.35. The fraction of sp³-hybridized carbons (Fsp3) is 0.320. The highest BCUT2D eigenvalue weighted by atomic mass is 32.2. The summed E-state index contributed by atoms with van der Waals surface area (Å²) in [6, 6.07) is 12.4.